The van der Waals surface area contributed by atoms with Crippen LogP contribution in [0.5, 0.6) is 0 Å². The van der Waals surface area contributed by atoms with Crippen LogP contribution in [-0.4, -0.2) is 77.7 Å². The number of amides is 2. The molecule has 0 aromatic carbocycles. The number of pyridine rings is 1. The standard InChI is InChI=1S/C22H23N7O5S2/c1-2-34-29-17(13-11-36-22(23)28(13)29)18(30)24-15-19(31)27-16(21(32)33)12(10-35-20(15)27)9-26-8-7-25-6-4-3-5-14(25)26/h3-8,11,15,17,20,22H,2,9-10,23H2,1H3,(H-,24,30,32,33)/p+1/t15-,17?,20+,22?/m1/s1. The summed E-state index contributed by atoms with van der Waals surface area (Å²) in [6.45, 7) is 2.50. The number of thioether (sulfide) groups is 2. The number of carbonyl (C=O) groups is 3. The summed E-state index contributed by atoms with van der Waals surface area (Å²) < 4.78 is 3.89. The number of nitrogens with two attached hydrogens (primary N) is 1. The second-order valence-electron chi connectivity index (χ2n) is 8.58. The van der Waals surface area contributed by atoms with Gasteiger partial charge in [-0.3, -0.25) is 24.3 Å². The van der Waals surface area contributed by atoms with Gasteiger partial charge in [0, 0.05) is 17.4 Å². The molecule has 36 heavy (non-hydrogen) atoms. The molecule has 2 amide bonds. The largest absolute Gasteiger partial charge is 0.477 e. The monoisotopic (exact) mass is 530 g/mol. The maximum atomic E-state index is 13.1. The van der Waals surface area contributed by atoms with E-state index in [4.69, 9.17) is 10.6 Å². The summed E-state index contributed by atoms with van der Waals surface area (Å²) in [7, 11) is 0. The quantitative estimate of drug-likeness (QED) is 0.322. The maximum Gasteiger partial charge on any atom is 0.352 e. The van der Waals surface area contributed by atoms with E-state index in [1.807, 2.05) is 58.1 Å². The molecule has 4 aliphatic rings. The van der Waals surface area contributed by atoms with Gasteiger partial charge in [0.25, 0.3) is 11.6 Å². The van der Waals surface area contributed by atoms with Crippen molar-refractivity contribution in [1.82, 2.24) is 24.8 Å². The van der Waals surface area contributed by atoms with Gasteiger partial charge in [0.1, 0.15) is 41.5 Å². The number of nitrogens with zero attached hydrogens (tertiary/aromatic N) is 5. The maximum absolute atomic E-state index is 13.1. The summed E-state index contributed by atoms with van der Waals surface area (Å²) >= 11 is 2.82. The van der Waals surface area contributed by atoms with Gasteiger partial charge in [-0.25, -0.2) is 13.8 Å². The number of β-lactam (4-membered cyclic amide) rings is 1. The molecule has 2 saturated heterocycles. The zero-order chi connectivity index (χ0) is 25.1. The minimum absolute atomic E-state index is 0.0105. The summed E-state index contributed by atoms with van der Waals surface area (Å²) in [5.74, 6) is -1.55. The molecular weight excluding hydrogens is 506 g/mol. The Morgan fingerprint density at radius 1 is 1.33 bits per heavy atom. The number of carboxylic acid groups (broad SMARTS) is 1. The lowest BCUT2D eigenvalue weighted by atomic mass is 10.0. The number of carboxylic acids is 1. The van der Waals surface area contributed by atoms with E-state index in [9.17, 15) is 19.5 Å². The van der Waals surface area contributed by atoms with Gasteiger partial charge in [-0.2, -0.15) is 0 Å². The van der Waals surface area contributed by atoms with Crippen LogP contribution in [0.25, 0.3) is 5.65 Å². The van der Waals surface area contributed by atoms with Crippen LogP contribution in [0.15, 0.2) is 59.2 Å². The Hall–Kier alpha value is -3.04. The van der Waals surface area contributed by atoms with Gasteiger partial charge in [0.15, 0.2) is 6.04 Å². The van der Waals surface area contributed by atoms with Crippen molar-refractivity contribution in [1.29, 1.82) is 0 Å². The lowest BCUT2D eigenvalue weighted by Gasteiger charge is -2.52. The van der Waals surface area contributed by atoms with Crippen molar-refractivity contribution >= 4 is 47.0 Å². The second kappa shape index (κ2) is 8.81. The number of hydroxylamine groups is 1. The number of fused-ring (bicyclic) bond motifs is 3. The van der Waals surface area contributed by atoms with Crippen molar-refractivity contribution in [3.8, 4) is 0 Å². The third kappa shape index (κ3) is 3.43. The van der Waals surface area contributed by atoms with Gasteiger partial charge in [-0.1, -0.05) is 23.0 Å². The number of hydrogen-bond donors (Lipinski definition) is 3. The highest BCUT2D eigenvalue weighted by atomic mass is 32.2. The molecule has 4 atom stereocenters. The van der Waals surface area contributed by atoms with E-state index >= 15 is 0 Å². The fourth-order valence-electron chi connectivity index (χ4n) is 4.92. The molecule has 6 heterocycles. The van der Waals surface area contributed by atoms with E-state index in [1.54, 1.807) is 5.01 Å². The molecule has 0 radical (unpaired) electrons. The van der Waals surface area contributed by atoms with Crippen molar-refractivity contribution in [2.75, 3.05) is 12.4 Å². The first-order valence-electron chi connectivity index (χ1n) is 11.4. The first kappa shape index (κ1) is 23.4. The second-order valence-corrected chi connectivity index (χ2v) is 10.7. The van der Waals surface area contributed by atoms with Crippen molar-refractivity contribution in [2.24, 2.45) is 5.73 Å². The lowest BCUT2D eigenvalue weighted by Crippen LogP contribution is -2.74. The molecule has 12 nitrogen and oxygen atoms in total. The summed E-state index contributed by atoms with van der Waals surface area (Å²) in [5.41, 5.74) is 7.92. The van der Waals surface area contributed by atoms with Gasteiger partial charge in [0.05, 0.1) is 18.5 Å². The van der Waals surface area contributed by atoms with Gasteiger partial charge in [-0.05, 0) is 18.4 Å². The van der Waals surface area contributed by atoms with E-state index in [1.165, 1.54) is 33.6 Å². The Bertz CT molecular complexity index is 1340. The van der Waals surface area contributed by atoms with Crippen molar-refractivity contribution in [2.45, 2.75) is 36.4 Å². The summed E-state index contributed by atoms with van der Waals surface area (Å²) in [4.78, 5) is 45.4. The van der Waals surface area contributed by atoms with Gasteiger partial charge in [0.2, 0.25) is 5.91 Å². The van der Waals surface area contributed by atoms with E-state index in [0.717, 1.165) is 5.65 Å². The SMILES string of the molecule is CCON1C(C(=O)N[C@@H]2C(=O)N3C(C(=O)O)=C(C[n+]4ccn5ccccc54)CS[C@@H]23)C2=CSC(N)N21. The van der Waals surface area contributed by atoms with Crippen LogP contribution >= 0.6 is 23.5 Å². The highest BCUT2D eigenvalue weighted by molar-refractivity contribution is 8.02. The fraction of sp³-hybridized carbons (Fsp3) is 0.364. The molecular formula is C22H24N7O5S2+. The highest BCUT2D eigenvalue weighted by Crippen LogP contribution is 2.43. The van der Waals surface area contributed by atoms with Crippen molar-refractivity contribution < 1.29 is 28.9 Å². The first-order valence-corrected chi connectivity index (χ1v) is 13.4. The predicted octanol–water partition coefficient (Wildman–Crippen LogP) is -0.351. The molecule has 0 bridgehead atoms. The summed E-state index contributed by atoms with van der Waals surface area (Å²) in [6, 6.07) is 4.24. The Balaban J connectivity index is 1.20. The van der Waals surface area contributed by atoms with Crippen LogP contribution in [0.2, 0.25) is 0 Å². The lowest BCUT2D eigenvalue weighted by molar-refractivity contribution is -0.662. The van der Waals surface area contributed by atoms with Gasteiger partial charge in [-0.15, -0.1) is 11.8 Å². The van der Waals surface area contributed by atoms with Crippen molar-refractivity contribution in [3.63, 3.8) is 0 Å². The number of hydrazine groups is 1. The van der Waals surface area contributed by atoms with Crippen LogP contribution < -0.4 is 15.6 Å². The first-order chi connectivity index (χ1) is 17.4. The van der Waals surface area contributed by atoms with Crippen LogP contribution in [-0.2, 0) is 25.8 Å². The van der Waals surface area contributed by atoms with Crippen LogP contribution in [0.3, 0.4) is 0 Å². The number of carbonyl (C=O) groups excluding carboxylic acids is 2. The minimum atomic E-state index is -1.16. The van der Waals surface area contributed by atoms with Gasteiger partial charge >= 0.3 is 5.97 Å². The number of imidazole rings is 1. The molecule has 0 saturated carbocycles. The number of nitrogens with one attached hydrogen (secondary N) is 1. The topological polar surface area (TPSA) is 137 Å². The molecule has 4 N–H and O–H groups in total. The number of aliphatic carboxylic acids is 1. The van der Waals surface area contributed by atoms with E-state index in [-0.39, 0.29) is 17.1 Å². The Morgan fingerprint density at radius 2 is 2.17 bits per heavy atom. The molecule has 6 rings (SSSR count). The molecule has 2 aromatic heterocycles. The third-order valence-electron chi connectivity index (χ3n) is 6.53. The summed E-state index contributed by atoms with van der Waals surface area (Å²) in [6.07, 6.45) is 5.69. The zero-order valence-corrected chi connectivity index (χ0v) is 20.8. The fourth-order valence-corrected chi connectivity index (χ4v) is 7.10. The zero-order valence-electron chi connectivity index (χ0n) is 19.2. The number of rotatable bonds is 7. The molecule has 188 valence electrons. The Kier molecular flexibility index (Phi) is 5.72. The molecule has 0 aliphatic carbocycles. The number of hydrogen-bond acceptors (Lipinski definition) is 9. The predicted molar refractivity (Wildman–Crippen MR) is 130 cm³/mol. The smallest absolute Gasteiger partial charge is 0.352 e. The van der Waals surface area contributed by atoms with E-state index < -0.39 is 29.3 Å². The van der Waals surface area contributed by atoms with Crippen molar-refractivity contribution in [3.05, 3.63) is 59.2 Å². The minimum Gasteiger partial charge on any atom is -0.477 e. The normalized spacial score (nSPS) is 27.4. The summed E-state index contributed by atoms with van der Waals surface area (Å²) in [5, 5.41) is 17.3. The highest BCUT2D eigenvalue weighted by Gasteiger charge is 2.57. The van der Waals surface area contributed by atoms with Gasteiger partial charge < -0.3 is 16.2 Å². The van der Waals surface area contributed by atoms with Crippen LogP contribution in [0.4, 0.5) is 0 Å². The Morgan fingerprint density at radius 3 is 2.94 bits per heavy atom. The average molecular weight is 531 g/mol. The van der Waals surface area contributed by atoms with E-state index in [0.29, 0.717) is 30.2 Å². The molecule has 14 heteroatoms. The van der Waals surface area contributed by atoms with E-state index in [2.05, 4.69) is 5.32 Å². The Labute approximate surface area is 214 Å². The molecule has 2 aromatic rings. The van der Waals surface area contributed by atoms with Crippen LogP contribution in [0, 0.1) is 0 Å². The van der Waals surface area contributed by atoms with Crippen LogP contribution in [0.1, 0.15) is 6.92 Å². The molecule has 2 unspecified atom stereocenters. The molecule has 0 spiro atoms. The molecule has 2 fully saturated rings. The molecule has 4 aliphatic heterocycles. The third-order valence-corrected chi connectivity index (χ3v) is 8.73. The number of aromatic nitrogens is 2. The average Bonchev–Trinajstić information content (AvgIpc) is 3.41.